The number of carbonyl (C=O) groups is 2. The van der Waals surface area contributed by atoms with E-state index in [1.54, 1.807) is 44.2 Å². The van der Waals surface area contributed by atoms with Gasteiger partial charge in [-0.25, -0.2) is 8.42 Å². The molecule has 1 aliphatic heterocycles. The number of fused-ring (bicyclic) bond motifs is 1. The zero-order chi connectivity index (χ0) is 26.5. The fourth-order valence-electron chi connectivity index (χ4n) is 3.81. The minimum absolute atomic E-state index is 0.0282. The second-order valence-corrected chi connectivity index (χ2v) is 11.0. The number of rotatable bonds is 11. The van der Waals surface area contributed by atoms with Crippen LogP contribution in [0.3, 0.4) is 0 Å². The Labute approximate surface area is 221 Å². The Morgan fingerprint density at radius 2 is 1.75 bits per heavy atom. The third-order valence-electron chi connectivity index (χ3n) is 5.70. The van der Waals surface area contributed by atoms with Gasteiger partial charge in [0.25, 0.3) is 0 Å². The third kappa shape index (κ3) is 6.35. The van der Waals surface area contributed by atoms with Crippen LogP contribution in [0.2, 0.25) is 10.0 Å². The average molecular weight is 558 g/mol. The first kappa shape index (κ1) is 27.9. The van der Waals surface area contributed by atoms with Crippen molar-refractivity contribution in [3.63, 3.8) is 0 Å². The number of halogens is 2. The summed E-state index contributed by atoms with van der Waals surface area (Å²) >= 11 is 12.2. The summed E-state index contributed by atoms with van der Waals surface area (Å²) in [4.78, 5) is 27.9. The van der Waals surface area contributed by atoms with Crippen LogP contribution in [0.1, 0.15) is 32.8 Å². The molecular formula is C24H29Cl2N3O6S. The first-order valence-corrected chi connectivity index (χ1v) is 13.9. The van der Waals surface area contributed by atoms with Gasteiger partial charge in [0.2, 0.25) is 28.6 Å². The summed E-state index contributed by atoms with van der Waals surface area (Å²) in [5.41, 5.74) is 0.906. The predicted octanol–water partition coefficient (Wildman–Crippen LogP) is 3.82. The van der Waals surface area contributed by atoms with Crippen LogP contribution in [0.15, 0.2) is 36.4 Å². The molecule has 0 saturated carbocycles. The van der Waals surface area contributed by atoms with Gasteiger partial charge in [0, 0.05) is 19.2 Å². The highest BCUT2D eigenvalue weighted by atomic mass is 35.5. The van der Waals surface area contributed by atoms with Crippen LogP contribution < -0.4 is 19.1 Å². The monoisotopic (exact) mass is 557 g/mol. The molecule has 0 spiro atoms. The molecule has 1 heterocycles. The number of carbonyl (C=O) groups excluding carboxylic acids is 2. The number of nitrogens with zero attached hydrogens (tertiary/aromatic N) is 2. The van der Waals surface area contributed by atoms with Crippen LogP contribution in [0.25, 0.3) is 0 Å². The van der Waals surface area contributed by atoms with Crippen molar-refractivity contribution in [2.45, 2.75) is 39.8 Å². The molecular weight excluding hydrogens is 529 g/mol. The molecule has 0 fully saturated rings. The Morgan fingerprint density at radius 1 is 1.03 bits per heavy atom. The van der Waals surface area contributed by atoms with E-state index in [2.05, 4.69) is 5.32 Å². The van der Waals surface area contributed by atoms with Gasteiger partial charge in [-0.3, -0.25) is 13.9 Å². The number of ether oxygens (including phenoxy) is 2. The van der Waals surface area contributed by atoms with Crippen molar-refractivity contribution >= 4 is 50.7 Å². The van der Waals surface area contributed by atoms with E-state index in [-0.39, 0.29) is 30.7 Å². The maximum Gasteiger partial charge on any atom is 0.244 e. The number of benzene rings is 2. The first-order chi connectivity index (χ1) is 17.1. The summed E-state index contributed by atoms with van der Waals surface area (Å²) in [6.45, 7) is 5.01. The van der Waals surface area contributed by atoms with Crippen LogP contribution >= 0.6 is 23.2 Å². The van der Waals surface area contributed by atoms with E-state index in [4.69, 9.17) is 32.7 Å². The van der Waals surface area contributed by atoms with Gasteiger partial charge < -0.3 is 19.7 Å². The van der Waals surface area contributed by atoms with E-state index < -0.39 is 28.5 Å². The van der Waals surface area contributed by atoms with E-state index in [0.717, 1.165) is 4.31 Å². The van der Waals surface area contributed by atoms with Gasteiger partial charge >= 0.3 is 0 Å². The molecule has 9 nitrogen and oxygen atoms in total. The summed E-state index contributed by atoms with van der Waals surface area (Å²) in [6.07, 6.45) is 0.323. The lowest BCUT2D eigenvalue weighted by atomic mass is 10.1. The molecule has 0 saturated heterocycles. The van der Waals surface area contributed by atoms with E-state index in [1.165, 1.54) is 17.9 Å². The van der Waals surface area contributed by atoms with Crippen LogP contribution in [0.4, 0.5) is 5.69 Å². The molecule has 0 unspecified atom stereocenters. The molecule has 1 aliphatic rings. The van der Waals surface area contributed by atoms with Gasteiger partial charge in [-0.2, -0.15) is 0 Å². The summed E-state index contributed by atoms with van der Waals surface area (Å²) in [6, 6.07) is 8.78. The highest BCUT2D eigenvalue weighted by Crippen LogP contribution is 2.36. The Kier molecular flexibility index (Phi) is 9.32. The van der Waals surface area contributed by atoms with Crippen molar-refractivity contribution in [3.05, 3.63) is 52.0 Å². The van der Waals surface area contributed by atoms with E-state index in [1.807, 2.05) is 0 Å². The van der Waals surface area contributed by atoms with Crippen LogP contribution in [-0.4, -0.2) is 56.8 Å². The maximum absolute atomic E-state index is 13.7. The van der Waals surface area contributed by atoms with Crippen molar-refractivity contribution in [2.75, 3.05) is 29.9 Å². The number of likely N-dealkylation sites (N-methyl/N-ethyl adjacent to an activating group) is 1. The topological polar surface area (TPSA) is 105 Å². The standard InChI is InChI=1S/C24H29Cl2N3O6S/c1-4-20(24(31)27-5-2)28(13-16-7-9-18(25)19(26)11-16)23(30)14-29(36(32,33)6-3)17-8-10-21-22(12-17)35-15-34-21/h7-12,20H,4-6,13-15H2,1-3H3,(H,27,31)/t20-/m0/s1. The molecule has 2 aromatic carbocycles. The molecule has 2 amide bonds. The molecule has 1 N–H and O–H groups in total. The Hall–Kier alpha value is -2.69. The molecule has 196 valence electrons. The zero-order valence-electron chi connectivity index (χ0n) is 20.3. The van der Waals surface area contributed by atoms with Gasteiger partial charge in [0.05, 0.1) is 21.5 Å². The highest BCUT2D eigenvalue weighted by Gasteiger charge is 2.33. The van der Waals surface area contributed by atoms with Crippen molar-refractivity contribution in [3.8, 4) is 11.5 Å². The molecule has 36 heavy (non-hydrogen) atoms. The largest absolute Gasteiger partial charge is 0.454 e. The minimum Gasteiger partial charge on any atom is -0.454 e. The molecule has 0 aromatic heterocycles. The second kappa shape index (κ2) is 12.0. The van der Waals surface area contributed by atoms with Crippen molar-refractivity contribution in [2.24, 2.45) is 0 Å². The van der Waals surface area contributed by atoms with E-state index in [9.17, 15) is 18.0 Å². The fourth-order valence-corrected chi connectivity index (χ4v) is 5.18. The molecule has 0 bridgehead atoms. The third-order valence-corrected chi connectivity index (χ3v) is 8.18. The lowest BCUT2D eigenvalue weighted by Gasteiger charge is -2.33. The molecule has 2 aromatic rings. The molecule has 3 rings (SSSR count). The Bertz CT molecular complexity index is 1220. The quantitative estimate of drug-likeness (QED) is 0.450. The summed E-state index contributed by atoms with van der Waals surface area (Å²) in [5, 5.41) is 3.42. The zero-order valence-corrected chi connectivity index (χ0v) is 22.6. The van der Waals surface area contributed by atoms with E-state index >= 15 is 0 Å². The Morgan fingerprint density at radius 3 is 2.39 bits per heavy atom. The van der Waals surface area contributed by atoms with E-state index in [0.29, 0.717) is 40.1 Å². The van der Waals surface area contributed by atoms with Crippen LogP contribution in [0, 0.1) is 0 Å². The number of anilines is 1. The van der Waals surface area contributed by atoms with Crippen molar-refractivity contribution in [1.29, 1.82) is 0 Å². The maximum atomic E-state index is 13.7. The normalized spacial score (nSPS) is 13.2. The van der Waals surface area contributed by atoms with Crippen LogP contribution in [0.5, 0.6) is 11.5 Å². The predicted molar refractivity (Wildman–Crippen MR) is 139 cm³/mol. The summed E-state index contributed by atoms with van der Waals surface area (Å²) in [5.74, 6) is -0.231. The molecule has 12 heteroatoms. The second-order valence-electron chi connectivity index (χ2n) is 8.03. The van der Waals surface area contributed by atoms with Gasteiger partial charge in [0.1, 0.15) is 12.6 Å². The number of nitrogens with one attached hydrogen (secondary N) is 1. The lowest BCUT2D eigenvalue weighted by molar-refractivity contribution is -0.140. The molecule has 1 atom stereocenters. The van der Waals surface area contributed by atoms with Crippen molar-refractivity contribution < 1.29 is 27.5 Å². The van der Waals surface area contributed by atoms with Gasteiger partial charge in [0.15, 0.2) is 11.5 Å². The molecule has 0 aliphatic carbocycles. The van der Waals surface area contributed by atoms with Crippen molar-refractivity contribution in [1.82, 2.24) is 10.2 Å². The molecule has 0 radical (unpaired) electrons. The highest BCUT2D eigenvalue weighted by molar-refractivity contribution is 7.92. The number of hydrogen-bond donors (Lipinski definition) is 1. The van der Waals surface area contributed by atoms with Gasteiger partial charge in [-0.1, -0.05) is 36.2 Å². The minimum atomic E-state index is -3.86. The average Bonchev–Trinajstić information content (AvgIpc) is 3.32. The summed E-state index contributed by atoms with van der Waals surface area (Å²) in [7, 11) is -3.86. The SMILES string of the molecule is CCNC(=O)[C@H](CC)N(Cc1ccc(Cl)c(Cl)c1)C(=O)CN(c1ccc2c(c1)OCO2)S(=O)(=O)CC. The van der Waals surface area contributed by atoms with Gasteiger partial charge in [-0.05, 0) is 50.1 Å². The number of hydrogen-bond acceptors (Lipinski definition) is 6. The first-order valence-electron chi connectivity index (χ1n) is 11.5. The summed E-state index contributed by atoms with van der Waals surface area (Å²) < 4.78 is 37.8. The number of amides is 2. The fraction of sp³-hybridized carbons (Fsp3) is 0.417. The number of sulfonamides is 1. The Balaban J connectivity index is 1.98. The lowest BCUT2D eigenvalue weighted by Crippen LogP contribution is -2.52. The smallest absolute Gasteiger partial charge is 0.244 e. The van der Waals surface area contributed by atoms with Gasteiger partial charge in [-0.15, -0.1) is 0 Å². The van der Waals surface area contributed by atoms with Crippen LogP contribution in [-0.2, 0) is 26.2 Å².